The van der Waals surface area contributed by atoms with Gasteiger partial charge in [0, 0.05) is 13.1 Å². The molecule has 1 aliphatic carbocycles. The second-order valence-electron chi connectivity index (χ2n) is 12.5. The predicted molar refractivity (Wildman–Crippen MR) is 158 cm³/mol. The van der Waals surface area contributed by atoms with Gasteiger partial charge >= 0.3 is 12.4 Å². The van der Waals surface area contributed by atoms with Gasteiger partial charge in [0.2, 0.25) is 5.91 Å². The zero-order valence-corrected chi connectivity index (χ0v) is 25.3. The van der Waals surface area contributed by atoms with E-state index in [9.17, 15) is 35.5 Å². The molecule has 0 radical (unpaired) electrons. The first-order valence-electron chi connectivity index (χ1n) is 15.3. The van der Waals surface area contributed by atoms with E-state index in [2.05, 4.69) is 4.90 Å². The van der Waals surface area contributed by atoms with E-state index in [4.69, 9.17) is 0 Å². The van der Waals surface area contributed by atoms with Gasteiger partial charge in [0.05, 0.1) is 22.6 Å². The number of benzene rings is 3. The maximum Gasteiger partial charge on any atom is 0.416 e. The monoisotopic (exact) mass is 634 g/mol. The van der Waals surface area contributed by atoms with Crippen molar-refractivity contribution in [2.45, 2.75) is 81.2 Å². The Kier molecular flexibility index (Phi) is 9.36. The maximum absolute atomic E-state index is 14.3. The topological polar surface area (TPSA) is 23.6 Å². The number of hydrogen-bond acceptors (Lipinski definition) is 2. The maximum atomic E-state index is 14.3. The van der Waals surface area contributed by atoms with Crippen molar-refractivity contribution < 1.29 is 35.5 Å². The van der Waals surface area contributed by atoms with Crippen LogP contribution in [0.15, 0.2) is 72.8 Å². The van der Waals surface area contributed by atoms with Crippen molar-refractivity contribution in [3.05, 3.63) is 106 Å². The molecule has 45 heavy (non-hydrogen) atoms. The fourth-order valence-electron chi connectivity index (χ4n) is 7.13. The highest BCUT2D eigenvalue weighted by Crippen LogP contribution is 2.45. The molecule has 3 aromatic carbocycles. The molecule has 1 amide bonds. The Morgan fingerprint density at radius 2 is 1.36 bits per heavy atom. The molecule has 1 atom stereocenters. The number of piperidine rings is 1. The van der Waals surface area contributed by atoms with E-state index >= 15 is 0 Å². The lowest BCUT2D eigenvalue weighted by Crippen LogP contribution is -2.51. The summed E-state index contributed by atoms with van der Waals surface area (Å²) in [6.07, 6.45) is -5.59. The van der Waals surface area contributed by atoms with Crippen LogP contribution in [-0.4, -0.2) is 41.9 Å². The summed E-state index contributed by atoms with van der Waals surface area (Å²) in [5.41, 5.74) is -2.06. The lowest BCUT2D eigenvalue weighted by molar-refractivity contribution is -0.143. The molecule has 0 aromatic heterocycles. The van der Waals surface area contributed by atoms with E-state index in [1.165, 1.54) is 31.0 Å². The quantitative estimate of drug-likeness (QED) is 0.253. The lowest BCUT2D eigenvalue weighted by Gasteiger charge is -2.46. The predicted octanol–water partition coefficient (Wildman–Crippen LogP) is 9.14. The summed E-state index contributed by atoms with van der Waals surface area (Å²) >= 11 is 0. The van der Waals surface area contributed by atoms with Crippen molar-refractivity contribution in [2.75, 3.05) is 20.1 Å². The van der Waals surface area contributed by atoms with Crippen LogP contribution in [0.4, 0.5) is 30.7 Å². The average Bonchev–Trinajstić information content (AvgIpc) is 3.03. The molecule has 3 aromatic rings. The molecule has 0 bridgehead atoms. The van der Waals surface area contributed by atoms with Crippen LogP contribution in [0.2, 0.25) is 0 Å². The van der Waals surface area contributed by atoms with Crippen LogP contribution in [0.25, 0.3) is 0 Å². The van der Waals surface area contributed by atoms with Crippen LogP contribution < -0.4 is 0 Å². The number of likely N-dealkylation sites (tertiary alicyclic amines) is 1. The van der Waals surface area contributed by atoms with Crippen molar-refractivity contribution in [1.82, 2.24) is 9.80 Å². The molecule has 2 aliphatic rings. The Morgan fingerprint density at radius 1 is 0.822 bits per heavy atom. The number of carbonyl (C=O) groups is 1. The third-order valence-corrected chi connectivity index (χ3v) is 9.93. The molecule has 0 N–H and O–H groups in total. The van der Waals surface area contributed by atoms with Crippen molar-refractivity contribution in [1.29, 1.82) is 0 Å². The van der Waals surface area contributed by atoms with E-state index in [0.29, 0.717) is 30.9 Å². The summed E-state index contributed by atoms with van der Waals surface area (Å²) in [4.78, 5) is 18.1. The van der Waals surface area contributed by atoms with E-state index in [1.54, 1.807) is 0 Å². The molecule has 1 saturated heterocycles. The summed E-state index contributed by atoms with van der Waals surface area (Å²) in [5, 5.41) is 0. The Morgan fingerprint density at radius 3 is 1.87 bits per heavy atom. The van der Waals surface area contributed by atoms with E-state index in [1.807, 2.05) is 42.5 Å². The molecule has 1 unspecified atom stereocenters. The van der Waals surface area contributed by atoms with Gasteiger partial charge in [-0.15, -0.1) is 0 Å². The number of alkyl halides is 6. The Labute approximate surface area is 259 Å². The van der Waals surface area contributed by atoms with Crippen LogP contribution in [0.1, 0.15) is 85.2 Å². The zero-order valence-electron chi connectivity index (χ0n) is 25.3. The first-order valence-corrected chi connectivity index (χ1v) is 15.3. The first kappa shape index (κ1) is 33.0. The second kappa shape index (κ2) is 12.8. The number of rotatable bonds is 6. The Balaban J connectivity index is 1.34. The van der Waals surface area contributed by atoms with Gasteiger partial charge in [-0.2, -0.15) is 26.3 Å². The van der Waals surface area contributed by atoms with Crippen LogP contribution in [0.3, 0.4) is 0 Å². The highest BCUT2D eigenvalue weighted by atomic mass is 19.4. The number of amides is 1. The standard InChI is InChI=1S/C35H37F7N2O/c1-23(26-20-28(34(37,38)39)22-29(21-26)35(40,41)42)43(2)32(45)33(27-6-4-3-5-7-27)16-12-31(13-17-33)44-18-14-25(15-19-44)24-8-10-30(36)11-9-24/h3-11,20-23,25,31H,12-19H2,1-2H3/t23?,31-,33-. The molecule has 242 valence electrons. The molecular formula is C35H37F7N2O. The van der Waals surface area contributed by atoms with Crippen molar-refractivity contribution in [2.24, 2.45) is 0 Å². The fourth-order valence-corrected chi connectivity index (χ4v) is 7.13. The van der Waals surface area contributed by atoms with Crippen LogP contribution in [-0.2, 0) is 22.6 Å². The van der Waals surface area contributed by atoms with Crippen molar-refractivity contribution in [3.63, 3.8) is 0 Å². The van der Waals surface area contributed by atoms with Gasteiger partial charge in [-0.05, 0) is 111 Å². The van der Waals surface area contributed by atoms with Crippen LogP contribution in [0.5, 0.6) is 0 Å². The molecule has 0 spiro atoms. The highest BCUT2D eigenvalue weighted by Gasteiger charge is 2.47. The van der Waals surface area contributed by atoms with Gasteiger partial charge in [-0.1, -0.05) is 42.5 Å². The molecule has 3 nitrogen and oxygen atoms in total. The van der Waals surface area contributed by atoms with Gasteiger partial charge in [0.1, 0.15) is 5.82 Å². The zero-order chi connectivity index (χ0) is 32.6. The van der Waals surface area contributed by atoms with Crippen LogP contribution in [0, 0.1) is 5.82 Å². The normalized spacial score (nSPS) is 22.6. The summed E-state index contributed by atoms with van der Waals surface area (Å²) in [7, 11) is 1.46. The summed E-state index contributed by atoms with van der Waals surface area (Å²) < 4.78 is 94.9. The minimum Gasteiger partial charge on any atom is -0.338 e. The molecule has 1 aliphatic heterocycles. The van der Waals surface area contributed by atoms with Crippen LogP contribution >= 0.6 is 0 Å². The Hall–Kier alpha value is -3.40. The van der Waals surface area contributed by atoms with Gasteiger partial charge in [-0.25, -0.2) is 4.39 Å². The smallest absolute Gasteiger partial charge is 0.338 e. The molecule has 10 heteroatoms. The van der Waals surface area contributed by atoms with E-state index < -0.39 is 34.9 Å². The number of halogens is 7. The number of hydrogen-bond donors (Lipinski definition) is 0. The summed E-state index contributed by atoms with van der Waals surface area (Å²) in [5.74, 6) is -0.212. The summed E-state index contributed by atoms with van der Waals surface area (Å²) in [6, 6.07) is 16.6. The third kappa shape index (κ3) is 7.05. The van der Waals surface area contributed by atoms with Gasteiger partial charge < -0.3 is 9.80 Å². The molecule has 1 heterocycles. The Bertz CT molecular complexity index is 1420. The molecule has 1 saturated carbocycles. The fraction of sp³-hybridized carbons (Fsp3) is 0.457. The molecular weight excluding hydrogens is 597 g/mol. The average molecular weight is 635 g/mol. The van der Waals surface area contributed by atoms with Gasteiger partial charge in [0.15, 0.2) is 0 Å². The minimum atomic E-state index is -4.98. The van der Waals surface area contributed by atoms with Gasteiger partial charge in [0.25, 0.3) is 0 Å². The van der Waals surface area contributed by atoms with Crippen molar-refractivity contribution in [3.8, 4) is 0 Å². The summed E-state index contributed by atoms with van der Waals surface area (Å²) in [6.45, 7) is 3.23. The van der Waals surface area contributed by atoms with Crippen molar-refractivity contribution >= 4 is 5.91 Å². The highest BCUT2D eigenvalue weighted by molar-refractivity contribution is 5.88. The van der Waals surface area contributed by atoms with E-state index in [0.717, 1.165) is 49.9 Å². The molecule has 5 rings (SSSR count). The number of carbonyl (C=O) groups excluding carboxylic acids is 1. The SMILES string of the molecule is CC(c1cc(C(F)(F)F)cc(C(F)(F)F)c1)N(C)C(=O)[C@]1(c2ccccc2)CC[C@@H](N2CCC(c3ccc(F)cc3)CC2)CC1. The minimum absolute atomic E-state index is 0.104. The largest absolute Gasteiger partial charge is 0.416 e. The molecule has 2 fully saturated rings. The number of nitrogens with zero attached hydrogens (tertiary/aromatic N) is 2. The van der Waals surface area contributed by atoms with E-state index in [-0.39, 0.29) is 29.4 Å². The lowest BCUT2D eigenvalue weighted by atomic mass is 9.66. The number of likely N-dealkylation sites (N-methyl/N-ethyl adjacent to an activating group) is 1. The second-order valence-corrected chi connectivity index (χ2v) is 12.5. The van der Waals surface area contributed by atoms with Gasteiger partial charge in [-0.3, -0.25) is 4.79 Å². The third-order valence-electron chi connectivity index (χ3n) is 9.93. The first-order chi connectivity index (χ1) is 21.2.